The first-order valence-corrected chi connectivity index (χ1v) is 5.10. The van der Waals surface area contributed by atoms with Crippen LogP contribution >= 0.6 is 0 Å². The third-order valence-corrected chi connectivity index (χ3v) is 2.69. The Labute approximate surface area is 94.0 Å². The Balaban J connectivity index is 2.65. The van der Waals surface area contributed by atoms with E-state index in [0.717, 1.165) is 0 Å². The van der Waals surface area contributed by atoms with Crippen LogP contribution in [0.15, 0.2) is 0 Å². The van der Waals surface area contributed by atoms with Gasteiger partial charge in [-0.05, 0) is 12.8 Å². The van der Waals surface area contributed by atoms with Crippen molar-refractivity contribution >= 4 is 5.91 Å². The second-order valence-corrected chi connectivity index (χ2v) is 4.00. The molecule has 0 saturated heterocycles. The van der Waals surface area contributed by atoms with Crippen molar-refractivity contribution in [3.63, 3.8) is 0 Å². The Morgan fingerprint density at radius 2 is 1.65 bits per heavy atom. The number of rotatable bonds is 2. The van der Waals surface area contributed by atoms with Gasteiger partial charge in [-0.25, -0.2) is 0 Å². The molecule has 1 aliphatic rings. The Kier molecular flexibility index (Phi) is 3.95. The van der Waals surface area contributed by atoms with Crippen molar-refractivity contribution in [2.75, 3.05) is 0 Å². The van der Waals surface area contributed by atoms with E-state index in [1.54, 1.807) is 5.32 Å². The van der Waals surface area contributed by atoms with E-state index in [4.69, 9.17) is 0 Å². The molecule has 2 atom stereocenters. The van der Waals surface area contributed by atoms with E-state index < -0.39 is 30.2 Å². The third-order valence-electron chi connectivity index (χ3n) is 2.69. The van der Waals surface area contributed by atoms with Gasteiger partial charge in [0.15, 0.2) is 0 Å². The molecule has 8 heteroatoms. The van der Waals surface area contributed by atoms with E-state index in [1.807, 2.05) is 0 Å². The largest absolute Gasteiger partial charge is 0.463 e. The van der Waals surface area contributed by atoms with Crippen LogP contribution in [0.5, 0.6) is 0 Å². The van der Waals surface area contributed by atoms with E-state index in [2.05, 4.69) is 0 Å². The molecule has 17 heavy (non-hydrogen) atoms. The van der Waals surface area contributed by atoms with E-state index in [-0.39, 0.29) is 12.8 Å². The van der Waals surface area contributed by atoms with Crippen LogP contribution in [0.25, 0.3) is 0 Å². The highest BCUT2D eigenvalue weighted by molar-refractivity contribution is 5.84. The smallest absolute Gasteiger partial charge is 0.391 e. The van der Waals surface area contributed by atoms with Gasteiger partial charge in [0.05, 0.1) is 12.1 Å². The number of hydrogen-bond acceptors (Lipinski definition) is 2. The highest BCUT2D eigenvalue weighted by atomic mass is 19.4. The fourth-order valence-corrected chi connectivity index (χ4v) is 1.67. The Morgan fingerprint density at radius 3 is 2.12 bits per heavy atom. The number of hydrogen-bond donors (Lipinski definition) is 2. The van der Waals surface area contributed by atoms with Crippen LogP contribution < -0.4 is 5.32 Å². The minimum Gasteiger partial charge on any atom is -0.391 e. The molecule has 0 aromatic carbocycles. The second-order valence-electron chi connectivity index (χ2n) is 4.00. The first kappa shape index (κ1) is 14.1. The standard InChI is InChI=1S/C9H12F5NO2/c10-8(11,9(12,13)14)7(17)15-5-3-1-2-4-6(5)16/h5-6,16H,1-4H2,(H,15,17)/t5-,6-/m1/s1. The summed E-state index contributed by atoms with van der Waals surface area (Å²) in [5.74, 6) is -7.83. The molecule has 1 fully saturated rings. The van der Waals surface area contributed by atoms with E-state index >= 15 is 0 Å². The molecule has 1 rings (SSSR count). The molecular weight excluding hydrogens is 249 g/mol. The molecular formula is C9H12F5NO2. The van der Waals surface area contributed by atoms with Crippen molar-refractivity contribution in [1.29, 1.82) is 0 Å². The fourth-order valence-electron chi connectivity index (χ4n) is 1.67. The molecule has 0 aromatic rings. The number of amides is 1. The first-order valence-electron chi connectivity index (χ1n) is 5.10. The molecule has 100 valence electrons. The van der Waals surface area contributed by atoms with E-state index in [1.165, 1.54) is 0 Å². The highest BCUT2D eigenvalue weighted by Gasteiger charge is 2.63. The van der Waals surface area contributed by atoms with Crippen LogP contribution in [0.2, 0.25) is 0 Å². The molecule has 0 spiro atoms. The lowest BCUT2D eigenvalue weighted by Crippen LogP contribution is -2.55. The number of carbonyl (C=O) groups is 1. The van der Waals surface area contributed by atoms with Gasteiger partial charge in [-0.2, -0.15) is 22.0 Å². The molecule has 2 N–H and O–H groups in total. The van der Waals surface area contributed by atoms with Crippen molar-refractivity contribution in [3.8, 4) is 0 Å². The predicted octanol–water partition coefficient (Wildman–Crippen LogP) is 1.60. The average molecular weight is 261 g/mol. The fraction of sp³-hybridized carbons (Fsp3) is 0.889. The summed E-state index contributed by atoms with van der Waals surface area (Å²) < 4.78 is 60.8. The van der Waals surface area contributed by atoms with Crippen LogP contribution in [-0.2, 0) is 4.79 Å². The zero-order valence-electron chi connectivity index (χ0n) is 8.73. The highest BCUT2D eigenvalue weighted by Crippen LogP contribution is 2.35. The molecule has 0 aliphatic heterocycles. The molecule has 3 nitrogen and oxygen atoms in total. The van der Waals surface area contributed by atoms with Crippen LogP contribution in [0.1, 0.15) is 25.7 Å². The first-order chi connectivity index (χ1) is 7.66. The van der Waals surface area contributed by atoms with Gasteiger partial charge in [-0.1, -0.05) is 12.8 Å². The minimum atomic E-state index is -5.92. The van der Waals surface area contributed by atoms with Crippen molar-refractivity contribution in [2.45, 2.75) is 49.9 Å². The van der Waals surface area contributed by atoms with Crippen molar-refractivity contribution in [2.24, 2.45) is 0 Å². The van der Waals surface area contributed by atoms with Gasteiger partial charge in [-0.15, -0.1) is 0 Å². The molecule has 1 aliphatic carbocycles. The summed E-state index contributed by atoms with van der Waals surface area (Å²) in [6.07, 6.45) is -5.29. The minimum absolute atomic E-state index is 0.195. The Bertz CT molecular complexity index is 292. The topological polar surface area (TPSA) is 49.3 Å². The SMILES string of the molecule is O=C(N[C@@H]1CCCC[C@H]1O)C(F)(F)C(F)(F)F. The molecule has 1 saturated carbocycles. The van der Waals surface area contributed by atoms with Gasteiger partial charge in [-0.3, -0.25) is 4.79 Å². The maximum atomic E-state index is 12.6. The quantitative estimate of drug-likeness (QED) is 0.742. The normalized spacial score (nSPS) is 26.7. The summed E-state index contributed by atoms with van der Waals surface area (Å²) in [5, 5.41) is 10.9. The number of aliphatic hydroxyl groups excluding tert-OH is 1. The monoisotopic (exact) mass is 261 g/mol. The van der Waals surface area contributed by atoms with Gasteiger partial charge in [0.25, 0.3) is 0 Å². The molecule has 0 aromatic heterocycles. The lowest BCUT2D eigenvalue weighted by molar-refractivity contribution is -0.270. The third kappa shape index (κ3) is 3.05. The number of aliphatic hydroxyl groups is 1. The zero-order valence-corrected chi connectivity index (χ0v) is 8.73. The zero-order chi connectivity index (χ0) is 13.3. The van der Waals surface area contributed by atoms with Gasteiger partial charge >= 0.3 is 18.0 Å². The number of halogens is 5. The maximum Gasteiger partial charge on any atom is 0.463 e. The van der Waals surface area contributed by atoms with Crippen LogP contribution in [-0.4, -0.2) is 35.3 Å². The summed E-state index contributed by atoms with van der Waals surface area (Å²) in [7, 11) is 0. The van der Waals surface area contributed by atoms with E-state index in [9.17, 15) is 31.9 Å². The van der Waals surface area contributed by atoms with Crippen molar-refractivity contribution in [3.05, 3.63) is 0 Å². The average Bonchev–Trinajstić information content (AvgIpc) is 2.19. The molecule has 0 bridgehead atoms. The van der Waals surface area contributed by atoms with Crippen molar-refractivity contribution < 1.29 is 31.9 Å². The molecule has 1 amide bonds. The van der Waals surface area contributed by atoms with Gasteiger partial charge in [0.1, 0.15) is 0 Å². The van der Waals surface area contributed by atoms with E-state index in [0.29, 0.717) is 12.8 Å². The number of alkyl halides is 5. The Morgan fingerprint density at radius 1 is 1.12 bits per heavy atom. The van der Waals surface area contributed by atoms with Gasteiger partial charge in [0, 0.05) is 0 Å². The predicted molar refractivity (Wildman–Crippen MR) is 47.4 cm³/mol. The van der Waals surface area contributed by atoms with Gasteiger partial charge < -0.3 is 10.4 Å². The Hall–Kier alpha value is -0.920. The summed E-state index contributed by atoms with van der Waals surface area (Å²) in [6, 6.07) is -1.04. The van der Waals surface area contributed by atoms with Gasteiger partial charge in [0.2, 0.25) is 0 Å². The summed E-state index contributed by atoms with van der Waals surface area (Å²) in [5.41, 5.74) is 0. The number of carbonyl (C=O) groups excluding carboxylic acids is 1. The van der Waals surface area contributed by atoms with Crippen LogP contribution in [0.4, 0.5) is 22.0 Å². The summed E-state index contributed by atoms with van der Waals surface area (Å²) in [4.78, 5) is 10.8. The maximum absolute atomic E-state index is 12.6. The number of nitrogens with one attached hydrogen (secondary N) is 1. The lowest BCUT2D eigenvalue weighted by atomic mass is 9.92. The molecule has 0 unspecified atom stereocenters. The molecule has 0 radical (unpaired) electrons. The lowest BCUT2D eigenvalue weighted by Gasteiger charge is -2.30. The van der Waals surface area contributed by atoms with Crippen LogP contribution in [0, 0.1) is 0 Å². The van der Waals surface area contributed by atoms with Crippen LogP contribution in [0.3, 0.4) is 0 Å². The molecule has 0 heterocycles. The summed E-state index contributed by atoms with van der Waals surface area (Å²) >= 11 is 0. The second kappa shape index (κ2) is 4.75. The van der Waals surface area contributed by atoms with Crippen molar-refractivity contribution in [1.82, 2.24) is 5.32 Å². The summed E-state index contributed by atoms with van der Waals surface area (Å²) in [6.45, 7) is 0.